The van der Waals surface area contributed by atoms with Crippen LogP contribution < -0.4 is 0 Å². The summed E-state index contributed by atoms with van der Waals surface area (Å²) < 4.78 is 4.21. The van der Waals surface area contributed by atoms with Gasteiger partial charge < -0.3 is 9.13 Å². The van der Waals surface area contributed by atoms with E-state index in [4.69, 9.17) is 0 Å². The highest BCUT2D eigenvalue weighted by Crippen LogP contribution is 2.40. The molecule has 1 aliphatic carbocycles. The van der Waals surface area contributed by atoms with Gasteiger partial charge in [-0.25, -0.2) is 9.97 Å². The molecular weight excluding hydrogens is 260 g/mol. The van der Waals surface area contributed by atoms with Gasteiger partial charge in [0.15, 0.2) is 0 Å². The monoisotopic (exact) mass is 278 g/mol. The number of hydrogen-bond donors (Lipinski definition) is 0. The van der Waals surface area contributed by atoms with Crippen LogP contribution in [0.2, 0.25) is 0 Å². The van der Waals surface area contributed by atoms with Crippen molar-refractivity contribution in [1.29, 1.82) is 0 Å². The number of aryl methyl sites for hydroxylation is 1. The molecule has 1 fully saturated rings. The van der Waals surface area contributed by atoms with Crippen molar-refractivity contribution in [2.24, 2.45) is 0 Å². The molecule has 0 N–H and O–H groups in total. The van der Waals surface area contributed by atoms with Gasteiger partial charge in [-0.1, -0.05) is 12.1 Å². The van der Waals surface area contributed by atoms with Crippen molar-refractivity contribution in [1.82, 2.24) is 19.1 Å². The summed E-state index contributed by atoms with van der Waals surface area (Å²) >= 11 is 0. The molecule has 2 heterocycles. The van der Waals surface area contributed by atoms with Gasteiger partial charge in [-0.05, 0) is 43.4 Å². The van der Waals surface area contributed by atoms with Crippen LogP contribution in [0.25, 0.3) is 5.69 Å². The van der Waals surface area contributed by atoms with Crippen molar-refractivity contribution in [3.63, 3.8) is 0 Å². The van der Waals surface area contributed by atoms with E-state index in [-0.39, 0.29) is 0 Å². The Bertz CT molecular complexity index is 764. The molecule has 0 bridgehead atoms. The number of imidazole rings is 2. The second kappa shape index (κ2) is 4.88. The molecule has 4 rings (SSSR count). The highest BCUT2D eigenvalue weighted by molar-refractivity contribution is 5.39. The summed E-state index contributed by atoms with van der Waals surface area (Å²) in [5.41, 5.74) is 3.70. The van der Waals surface area contributed by atoms with Crippen LogP contribution in [0.4, 0.5) is 0 Å². The zero-order valence-electron chi connectivity index (χ0n) is 12.1. The Morgan fingerprint density at radius 1 is 1.24 bits per heavy atom. The van der Waals surface area contributed by atoms with E-state index in [0.717, 1.165) is 24.0 Å². The SMILES string of the molecule is Cc1nccn1Cc1cn(-c2cccc(C3CC3)c2)cn1. The highest BCUT2D eigenvalue weighted by Gasteiger charge is 2.23. The molecule has 0 unspecified atom stereocenters. The predicted molar refractivity (Wildman–Crippen MR) is 81.6 cm³/mol. The van der Waals surface area contributed by atoms with Crippen molar-refractivity contribution in [3.05, 3.63) is 66.3 Å². The van der Waals surface area contributed by atoms with E-state index in [9.17, 15) is 0 Å². The molecular formula is C17H18N4. The summed E-state index contributed by atoms with van der Waals surface area (Å²) in [5, 5.41) is 0. The van der Waals surface area contributed by atoms with Crippen LogP contribution in [0.3, 0.4) is 0 Å². The van der Waals surface area contributed by atoms with Gasteiger partial charge in [0.25, 0.3) is 0 Å². The standard InChI is InChI=1S/C17H18N4/c1-13-18-7-8-20(13)10-16-11-21(12-19-16)17-4-2-3-15(9-17)14-5-6-14/h2-4,7-9,11-12,14H,5-6,10H2,1H3. The summed E-state index contributed by atoms with van der Waals surface area (Å²) in [6.07, 6.45) is 10.5. The van der Waals surface area contributed by atoms with Gasteiger partial charge in [-0.15, -0.1) is 0 Å². The van der Waals surface area contributed by atoms with Gasteiger partial charge in [0.2, 0.25) is 0 Å². The van der Waals surface area contributed by atoms with Crippen LogP contribution in [0.5, 0.6) is 0 Å². The molecule has 4 nitrogen and oxygen atoms in total. The molecule has 0 amide bonds. The van der Waals surface area contributed by atoms with Gasteiger partial charge in [-0.3, -0.25) is 0 Å². The van der Waals surface area contributed by atoms with Crippen LogP contribution in [0.15, 0.2) is 49.2 Å². The maximum absolute atomic E-state index is 4.51. The summed E-state index contributed by atoms with van der Waals surface area (Å²) in [5.74, 6) is 1.79. The zero-order valence-corrected chi connectivity index (χ0v) is 12.1. The lowest BCUT2D eigenvalue weighted by Crippen LogP contribution is -2.00. The van der Waals surface area contributed by atoms with Crippen molar-refractivity contribution in [2.45, 2.75) is 32.2 Å². The normalized spacial score (nSPS) is 14.5. The first kappa shape index (κ1) is 12.4. The molecule has 1 aromatic carbocycles. The van der Waals surface area contributed by atoms with Crippen LogP contribution in [0, 0.1) is 6.92 Å². The van der Waals surface area contributed by atoms with E-state index >= 15 is 0 Å². The molecule has 0 atom stereocenters. The Labute approximate surface area is 124 Å². The third kappa shape index (κ3) is 2.49. The van der Waals surface area contributed by atoms with E-state index in [1.54, 1.807) is 0 Å². The first-order valence-corrected chi connectivity index (χ1v) is 7.40. The third-order valence-corrected chi connectivity index (χ3v) is 4.11. The second-order valence-corrected chi connectivity index (χ2v) is 5.74. The lowest BCUT2D eigenvalue weighted by Gasteiger charge is -2.05. The predicted octanol–water partition coefficient (Wildman–Crippen LogP) is 3.30. The van der Waals surface area contributed by atoms with Gasteiger partial charge in [-0.2, -0.15) is 0 Å². The number of rotatable bonds is 4. The van der Waals surface area contributed by atoms with Crippen molar-refractivity contribution in [3.8, 4) is 5.69 Å². The first-order valence-electron chi connectivity index (χ1n) is 7.40. The zero-order chi connectivity index (χ0) is 14.2. The minimum absolute atomic E-state index is 0.765. The van der Waals surface area contributed by atoms with Gasteiger partial charge in [0.1, 0.15) is 5.82 Å². The summed E-state index contributed by atoms with van der Waals surface area (Å²) in [6, 6.07) is 8.79. The van der Waals surface area contributed by atoms with E-state index < -0.39 is 0 Å². The minimum Gasteiger partial charge on any atom is -0.329 e. The molecule has 1 aliphatic rings. The first-order chi connectivity index (χ1) is 10.3. The van der Waals surface area contributed by atoms with Gasteiger partial charge in [0, 0.05) is 24.3 Å². The average Bonchev–Trinajstić information content (AvgIpc) is 3.13. The molecule has 0 radical (unpaired) electrons. The molecule has 21 heavy (non-hydrogen) atoms. The van der Waals surface area contributed by atoms with Gasteiger partial charge >= 0.3 is 0 Å². The Hall–Kier alpha value is -2.36. The summed E-state index contributed by atoms with van der Waals surface area (Å²) in [7, 11) is 0. The smallest absolute Gasteiger partial charge is 0.105 e. The number of aromatic nitrogens is 4. The molecule has 4 heteroatoms. The van der Waals surface area contributed by atoms with Crippen LogP contribution >= 0.6 is 0 Å². The van der Waals surface area contributed by atoms with Crippen molar-refractivity contribution in [2.75, 3.05) is 0 Å². The van der Waals surface area contributed by atoms with Crippen LogP contribution in [-0.4, -0.2) is 19.1 Å². The lowest BCUT2D eigenvalue weighted by molar-refractivity contribution is 0.746. The third-order valence-electron chi connectivity index (χ3n) is 4.11. The molecule has 2 aromatic heterocycles. The summed E-state index contributed by atoms with van der Waals surface area (Å²) in [6.45, 7) is 2.78. The molecule has 0 saturated heterocycles. The maximum Gasteiger partial charge on any atom is 0.105 e. The fraction of sp³-hybridized carbons (Fsp3) is 0.294. The number of nitrogens with zero attached hydrogens (tertiary/aromatic N) is 4. The van der Waals surface area contributed by atoms with Gasteiger partial charge in [0.05, 0.1) is 18.6 Å². The minimum atomic E-state index is 0.765. The van der Waals surface area contributed by atoms with Crippen molar-refractivity contribution < 1.29 is 0 Å². The summed E-state index contributed by atoms with van der Waals surface area (Å²) in [4.78, 5) is 8.76. The number of benzene rings is 1. The fourth-order valence-corrected chi connectivity index (χ4v) is 2.69. The largest absolute Gasteiger partial charge is 0.329 e. The second-order valence-electron chi connectivity index (χ2n) is 5.74. The van der Waals surface area contributed by atoms with Crippen molar-refractivity contribution >= 4 is 0 Å². The Morgan fingerprint density at radius 3 is 2.90 bits per heavy atom. The molecule has 106 valence electrons. The molecule has 0 aliphatic heterocycles. The Balaban J connectivity index is 1.59. The van der Waals surface area contributed by atoms with E-state index in [0.29, 0.717) is 0 Å². The number of hydrogen-bond acceptors (Lipinski definition) is 2. The van der Waals surface area contributed by atoms with Crippen LogP contribution in [-0.2, 0) is 6.54 Å². The van der Waals surface area contributed by atoms with E-state index in [1.165, 1.54) is 24.1 Å². The lowest BCUT2D eigenvalue weighted by atomic mass is 10.1. The Kier molecular flexibility index (Phi) is 2.88. The van der Waals surface area contributed by atoms with Crippen LogP contribution in [0.1, 0.15) is 35.8 Å². The quantitative estimate of drug-likeness (QED) is 0.734. The van der Waals surface area contributed by atoms with E-state index in [2.05, 4.69) is 49.6 Å². The maximum atomic E-state index is 4.51. The Morgan fingerprint density at radius 2 is 2.14 bits per heavy atom. The highest BCUT2D eigenvalue weighted by atomic mass is 15.1. The molecule has 1 saturated carbocycles. The topological polar surface area (TPSA) is 35.6 Å². The molecule has 3 aromatic rings. The average molecular weight is 278 g/mol. The fourth-order valence-electron chi connectivity index (χ4n) is 2.69. The van der Waals surface area contributed by atoms with E-state index in [1.807, 2.05) is 25.6 Å². The molecule has 0 spiro atoms.